The second kappa shape index (κ2) is 5.63. The molecule has 0 fully saturated rings. The Labute approximate surface area is 123 Å². The van der Waals surface area contributed by atoms with E-state index in [0.29, 0.717) is 5.56 Å². The standard InChI is InChI=1S/C19H15NO/c20-19(21)18-13-7-6-12-17(18)16-11-5-4-10-15(16)14-8-2-1-3-9-14/h1-13H,(H2,20,21). The molecule has 3 aromatic carbocycles. The molecule has 0 radical (unpaired) electrons. The van der Waals surface area contributed by atoms with Gasteiger partial charge in [-0.3, -0.25) is 4.79 Å². The van der Waals surface area contributed by atoms with Crippen molar-refractivity contribution in [2.75, 3.05) is 0 Å². The van der Waals surface area contributed by atoms with Gasteiger partial charge in [0.2, 0.25) is 5.91 Å². The zero-order valence-electron chi connectivity index (χ0n) is 11.5. The minimum absolute atomic E-state index is 0.409. The molecule has 2 nitrogen and oxygen atoms in total. The van der Waals surface area contributed by atoms with Crippen LogP contribution in [0.4, 0.5) is 0 Å². The van der Waals surface area contributed by atoms with Gasteiger partial charge in [-0.2, -0.15) is 0 Å². The molecular formula is C19H15NO. The minimum Gasteiger partial charge on any atom is -0.366 e. The molecule has 0 saturated heterocycles. The third kappa shape index (κ3) is 2.56. The number of nitrogens with two attached hydrogens (primary N) is 1. The predicted octanol–water partition coefficient (Wildman–Crippen LogP) is 4.12. The van der Waals surface area contributed by atoms with Gasteiger partial charge in [0.1, 0.15) is 0 Å². The van der Waals surface area contributed by atoms with Crippen LogP contribution in [0.15, 0.2) is 78.9 Å². The average molecular weight is 273 g/mol. The summed E-state index contributed by atoms with van der Waals surface area (Å²) in [6, 6.07) is 25.6. The van der Waals surface area contributed by atoms with E-state index in [1.165, 1.54) is 0 Å². The van der Waals surface area contributed by atoms with Crippen molar-refractivity contribution in [2.45, 2.75) is 0 Å². The maximum Gasteiger partial charge on any atom is 0.249 e. The highest BCUT2D eigenvalue weighted by Gasteiger charge is 2.12. The topological polar surface area (TPSA) is 43.1 Å². The van der Waals surface area contributed by atoms with Gasteiger partial charge in [0.15, 0.2) is 0 Å². The molecule has 0 spiro atoms. The Morgan fingerprint density at radius 3 is 1.81 bits per heavy atom. The lowest BCUT2D eigenvalue weighted by atomic mass is 9.92. The first-order valence-electron chi connectivity index (χ1n) is 6.81. The van der Waals surface area contributed by atoms with Crippen molar-refractivity contribution in [3.05, 3.63) is 84.4 Å². The lowest BCUT2D eigenvalue weighted by Crippen LogP contribution is -2.12. The number of rotatable bonds is 3. The molecule has 2 heteroatoms. The molecule has 102 valence electrons. The molecule has 3 aromatic rings. The lowest BCUT2D eigenvalue weighted by Gasteiger charge is -2.12. The number of primary amides is 1. The number of hydrogen-bond acceptors (Lipinski definition) is 1. The van der Waals surface area contributed by atoms with Crippen molar-refractivity contribution in [3.63, 3.8) is 0 Å². The molecule has 0 unspecified atom stereocenters. The van der Waals surface area contributed by atoms with Crippen LogP contribution in [0.5, 0.6) is 0 Å². The van der Waals surface area contributed by atoms with Crippen molar-refractivity contribution < 1.29 is 4.79 Å². The zero-order chi connectivity index (χ0) is 14.7. The van der Waals surface area contributed by atoms with Crippen molar-refractivity contribution in [1.82, 2.24) is 0 Å². The van der Waals surface area contributed by atoms with Crippen LogP contribution < -0.4 is 5.73 Å². The molecule has 1 amide bonds. The Kier molecular flexibility index (Phi) is 3.52. The largest absolute Gasteiger partial charge is 0.366 e. The first-order chi connectivity index (χ1) is 10.3. The van der Waals surface area contributed by atoms with Crippen molar-refractivity contribution >= 4 is 5.91 Å². The lowest BCUT2D eigenvalue weighted by molar-refractivity contribution is 0.100. The molecule has 3 rings (SSSR count). The highest BCUT2D eigenvalue weighted by molar-refractivity contribution is 6.01. The van der Waals surface area contributed by atoms with E-state index < -0.39 is 5.91 Å². The summed E-state index contributed by atoms with van der Waals surface area (Å²) >= 11 is 0. The number of amides is 1. The second-order valence-corrected chi connectivity index (χ2v) is 4.82. The van der Waals surface area contributed by atoms with E-state index in [4.69, 9.17) is 5.73 Å². The first kappa shape index (κ1) is 13.1. The van der Waals surface area contributed by atoms with Gasteiger partial charge in [0, 0.05) is 5.56 Å². The Morgan fingerprint density at radius 1 is 0.619 bits per heavy atom. The van der Waals surface area contributed by atoms with Crippen LogP contribution in [0.2, 0.25) is 0 Å². The maximum absolute atomic E-state index is 11.7. The van der Waals surface area contributed by atoms with Crippen LogP contribution >= 0.6 is 0 Å². The van der Waals surface area contributed by atoms with Gasteiger partial charge >= 0.3 is 0 Å². The Bertz CT molecular complexity index is 778. The van der Waals surface area contributed by atoms with Crippen LogP contribution in [0.3, 0.4) is 0 Å². The zero-order valence-corrected chi connectivity index (χ0v) is 11.5. The normalized spacial score (nSPS) is 10.3. The molecule has 0 aliphatic rings. The molecule has 0 aliphatic heterocycles. The molecule has 0 saturated carbocycles. The fourth-order valence-electron chi connectivity index (χ4n) is 2.52. The number of carbonyl (C=O) groups is 1. The molecule has 0 aromatic heterocycles. The van der Waals surface area contributed by atoms with Gasteiger partial charge in [-0.1, -0.05) is 72.8 Å². The maximum atomic E-state index is 11.7. The molecule has 0 aliphatic carbocycles. The van der Waals surface area contributed by atoms with E-state index >= 15 is 0 Å². The molecule has 0 bridgehead atoms. The minimum atomic E-state index is -0.409. The fourth-order valence-corrected chi connectivity index (χ4v) is 2.52. The predicted molar refractivity (Wildman–Crippen MR) is 85.8 cm³/mol. The van der Waals surface area contributed by atoms with Crippen LogP contribution in [0, 0.1) is 0 Å². The van der Waals surface area contributed by atoms with Crippen molar-refractivity contribution in [1.29, 1.82) is 0 Å². The SMILES string of the molecule is NC(=O)c1ccccc1-c1ccccc1-c1ccccc1. The Morgan fingerprint density at radius 2 is 1.14 bits per heavy atom. The highest BCUT2D eigenvalue weighted by Crippen LogP contribution is 2.33. The Balaban J connectivity index is 2.24. The molecule has 21 heavy (non-hydrogen) atoms. The van der Waals surface area contributed by atoms with Gasteiger partial charge in [-0.25, -0.2) is 0 Å². The average Bonchev–Trinajstić information content (AvgIpc) is 2.55. The third-order valence-corrected chi connectivity index (χ3v) is 3.49. The monoisotopic (exact) mass is 273 g/mol. The summed E-state index contributed by atoms with van der Waals surface area (Å²) in [5, 5.41) is 0. The van der Waals surface area contributed by atoms with E-state index in [-0.39, 0.29) is 0 Å². The van der Waals surface area contributed by atoms with E-state index in [9.17, 15) is 4.79 Å². The Hall–Kier alpha value is -2.87. The number of benzene rings is 3. The third-order valence-electron chi connectivity index (χ3n) is 3.49. The van der Waals surface area contributed by atoms with E-state index in [1.807, 2.05) is 54.6 Å². The quantitative estimate of drug-likeness (QED) is 0.766. The van der Waals surface area contributed by atoms with Crippen LogP contribution in [-0.4, -0.2) is 5.91 Å². The summed E-state index contributed by atoms with van der Waals surface area (Å²) in [7, 11) is 0. The van der Waals surface area contributed by atoms with Crippen LogP contribution in [0.25, 0.3) is 22.3 Å². The molecular weight excluding hydrogens is 258 g/mol. The summed E-state index contributed by atoms with van der Waals surface area (Å²) in [6.45, 7) is 0. The smallest absolute Gasteiger partial charge is 0.249 e. The van der Waals surface area contributed by atoms with E-state index in [2.05, 4.69) is 18.2 Å². The molecule has 0 heterocycles. The van der Waals surface area contributed by atoms with E-state index in [1.54, 1.807) is 6.07 Å². The highest BCUT2D eigenvalue weighted by atomic mass is 16.1. The van der Waals surface area contributed by atoms with Crippen LogP contribution in [-0.2, 0) is 0 Å². The number of hydrogen-bond donors (Lipinski definition) is 1. The summed E-state index contributed by atoms with van der Waals surface area (Å²) in [5.41, 5.74) is 10.1. The summed E-state index contributed by atoms with van der Waals surface area (Å²) in [4.78, 5) is 11.7. The summed E-state index contributed by atoms with van der Waals surface area (Å²) in [5.74, 6) is -0.409. The molecule has 2 N–H and O–H groups in total. The van der Waals surface area contributed by atoms with Gasteiger partial charge in [0.05, 0.1) is 0 Å². The van der Waals surface area contributed by atoms with Gasteiger partial charge in [-0.05, 0) is 28.3 Å². The van der Waals surface area contributed by atoms with Gasteiger partial charge in [0.25, 0.3) is 0 Å². The second-order valence-electron chi connectivity index (χ2n) is 4.82. The van der Waals surface area contributed by atoms with Gasteiger partial charge in [-0.15, -0.1) is 0 Å². The van der Waals surface area contributed by atoms with Crippen molar-refractivity contribution in [3.8, 4) is 22.3 Å². The van der Waals surface area contributed by atoms with E-state index in [0.717, 1.165) is 22.3 Å². The van der Waals surface area contributed by atoms with Gasteiger partial charge < -0.3 is 5.73 Å². The summed E-state index contributed by atoms with van der Waals surface area (Å²) < 4.78 is 0. The fraction of sp³-hybridized carbons (Fsp3) is 0. The van der Waals surface area contributed by atoms with Crippen molar-refractivity contribution in [2.24, 2.45) is 5.73 Å². The first-order valence-corrected chi connectivity index (χ1v) is 6.81. The number of carbonyl (C=O) groups excluding carboxylic acids is 1. The molecule has 0 atom stereocenters. The summed E-state index contributed by atoms with van der Waals surface area (Å²) in [6.07, 6.45) is 0. The van der Waals surface area contributed by atoms with Crippen LogP contribution in [0.1, 0.15) is 10.4 Å².